The Balaban J connectivity index is 2.15. The van der Waals surface area contributed by atoms with Gasteiger partial charge in [-0.25, -0.2) is 4.79 Å². The van der Waals surface area contributed by atoms with Crippen molar-refractivity contribution >= 4 is 17.8 Å². The number of carboxylic acid groups (broad SMARTS) is 1. The molecule has 1 N–H and O–H groups in total. The Morgan fingerprint density at radius 3 is 2.65 bits per heavy atom. The van der Waals surface area contributed by atoms with E-state index < -0.39 is 5.97 Å². The van der Waals surface area contributed by atoms with Crippen LogP contribution >= 0.6 is 0 Å². The van der Waals surface area contributed by atoms with Crippen LogP contribution in [-0.2, 0) is 4.79 Å². The van der Waals surface area contributed by atoms with E-state index in [4.69, 9.17) is 5.11 Å². The minimum atomic E-state index is -0.938. The molecule has 4 nitrogen and oxygen atoms in total. The fourth-order valence-corrected chi connectivity index (χ4v) is 2.38. The second kappa shape index (κ2) is 6.48. The van der Waals surface area contributed by atoms with Crippen molar-refractivity contribution in [1.82, 2.24) is 4.90 Å². The molecule has 1 heterocycles. The third kappa shape index (κ3) is 3.54. The van der Waals surface area contributed by atoms with Crippen molar-refractivity contribution in [2.75, 3.05) is 19.6 Å². The highest BCUT2D eigenvalue weighted by atomic mass is 16.4. The highest BCUT2D eigenvalue weighted by Gasteiger charge is 2.20. The fraction of sp³-hybridized carbons (Fsp3) is 0.375. The summed E-state index contributed by atoms with van der Waals surface area (Å²) in [6.07, 6.45) is 3.52. The van der Waals surface area contributed by atoms with Gasteiger partial charge in [0.15, 0.2) is 5.78 Å². The Morgan fingerprint density at radius 2 is 2.05 bits per heavy atom. The van der Waals surface area contributed by atoms with E-state index in [0.717, 1.165) is 30.6 Å². The largest absolute Gasteiger partial charge is 0.478 e. The molecule has 0 aliphatic carbocycles. The molecule has 1 aliphatic rings. The molecule has 4 heteroatoms. The maximum Gasteiger partial charge on any atom is 0.335 e. The summed E-state index contributed by atoms with van der Waals surface area (Å²) in [7, 11) is 0. The number of Topliss-reactive ketones (excluding diaryl/α,β-unsaturated/α-hetero) is 1. The van der Waals surface area contributed by atoms with Gasteiger partial charge in [-0.15, -0.1) is 0 Å². The Kier molecular flexibility index (Phi) is 4.69. The van der Waals surface area contributed by atoms with Crippen LogP contribution in [0, 0.1) is 0 Å². The van der Waals surface area contributed by atoms with E-state index in [2.05, 4.69) is 11.8 Å². The lowest BCUT2D eigenvalue weighted by atomic mass is 10.00. The Bertz CT molecular complexity index is 531. The molecule has 1 aliphatic heterocycles. The number of nitrogens with zero attached hydrogens (tertiary/aromatic N) is 1. The summed E-state index contributed by atoms with van der Waals surface area (Å²) < 4.78 is 0. The minimum absolute atomic E-state index is 0.194. The third-order valence-corrected chi connectivity index (χ3v) is 3.45. The van der Waals surface area contributed by atoms with Crippen LogP contribution in [-0.4, -0.2) is 41.4 Å². The van der Waals surface area contributed by atoms with Gasteiger partial charge in [0, 0.05) is 25.1 Å². The number of rotatable bonds is 4. The van der Waals surface area contributed by atoms with Gasteiger partial charge in [0.25, 0.3) is 0 Å². The maximum atomic E-state index is 11.9. The first kappa shape index (κ1) is 14.5. The van der Waals surface area contributed by atoms with E-state index in [1.54, 1.807) is 24.3 Å². The predicted molar refractivity (Wildman–Crippen MR) is 77.7 cm³/mol. The molecular formula is C16H19NO3. The Hall–Kier alpha value is -1.94. The smallest absolute Gasteiger partial charge is 0.335 e. The second-order valence-electron chi connectivity index (χ2n) is 5.05. The molecule has 0 bridgehead atoms. The Morgan fingerprint density at radius 1 is 1.35 bits per heavy atom. The van der Waals surface area contributed by atoms with E-state index in [-0.39, 0.29) is 11.3 Å². The molecule has 2 rings (SSSR count). The molecular weight excluding hydrogens is 254 g/mol. The van der Waals surface area contributed by atoms with Crippen molar-refractivity contribution in [3.8, 4) is 0 Å². The fourth-order valence-electron chi connectivity index (χ4n) is 2.38. The number of piperidine rings is 1. The van der Waals surface area contributed by atoms with Gasteiger partial charge in [0.1, 0.15) is 0 Å². The summed E-state index contributed by atoms with van der Waals surface area (Å²) in [5.74, 6) is -0.744. The van der Waals surface area contributed by atoms with Crippen molar-refractivity contribution in [3.05, 3.63) is 41.0 Å². The monoisotopic (exact) mass is 273 g/mol. The number of carboxylic acids is 1. The average molecular weight is 273 g/mol. The number of hydrogen-bond donors (Lipinski definition) is 1. The molecule has 0 unspecified atom stereocenters. The first-order valence-corrected chi connectivity index (χ1v) is 6.89. The van der Waals surface area contributed by atoms with Gasteiger partial charge in [0.2, 0.25) is 0 Å². The SMILES string of the molecule is CCCN1CCC(=O)/C(=C/c2ccc(C(=O)O)cc2)C1. The number of likely N-dealkylation sites (tertiary alicyclic amines) is 1. The van der Waals surface area contributed by atoms with Crippen molar-refractivity contribution in [2.45, 2.75) is 19.8 Å². The van der Waals surface area contributed by atoms with E-state index in [1.807, 2.05) is 6.08 Å². The third-order valence-electron chi connectivity index (χ3n) is 3.45. The topological polar surface area (TPSA) is 57.6 Å². The first-order valence-electron chi connectivity index (χ1n) is 6.89. The molecule has 0 amide bonds. The number of carbonyl (C=O) groups excluding carboxylic acids is 1. The molecule has 1 saturated heterocycles. The molecule has 1 aromatic rings. The highest BCUT2D eigenvalue weighted by Crippen LogP contribution is 2.16. The van der Waals surface area contributed by atoms with Gasteiger partial charge in [-0.05, 0) is 36.7 Å². The van der Waals surface area contributed by atoms with Crippen LogP contribution in [0.3, 0.4) is 0 Å². The van der Waals surface area contributed by atoms with E-state index >= 15 is 0 Å². The average Bonchev–Trinajstić information content (AvgIpc) is 2.43. The van der Waals surface area contributed by atoms with Crippen molar-refractivity contribution < 1.29 is 14.7 Å². The zero-order valence-electron chi connectivity index (χ0n) is 11.6. The number of hydrogen-bond acceptors (Lipinski definition) is 3. The van der Waals surface area contributed by atoms with Gasteiger partial charge in [0.05, 0.1) is 5.56 Å². The predicted octanol–water partition coefficient (Wildman–Crippen LogP) is 2.45. The van der Waals surface area contributed by atoms with Gasteiger partial charge >= 0.3 is 5.97 Å². The molecule has 1 fully saturated rings. The molecule has 0 aromatic heterocycles. The zero-order chi connectivity index (χ0) is 14.5. The van der Waals surface area contributed by atoms with E-state index in [0.29, 0.717) is 13.0 Å². The maximum absolute atomic E-state index is 11.9. The summed E-state index contributed by atoms with van der Waals surface area (Å²) >= 11 is 0. The van der Waals surface area contributed by atoms with Crippen LogP contribution < -0.4 is 0 Å². The van der Waals surface area contributed by atoms with Crippen LogP contribution in [0.2, 0.25) is 0 Å². The van der Waals surface area contributed by atoms with Crippen LogP contribution in [0.1, 0.15) is 35.7 Å². The lowest BCUT2D eigenvalue weighted by molar-refractivity contribution is -0.117. The summed E-state index contributed by atoms with van der Waals surface area (Å²) in [4.78, 5) is 25.0. The lowest BCUT2D eigenvalue weighted by Gasteiger charge is -2.27. The number of benzene rings is 1. The van der Waals surface area contributed by atoms with Crippen LogP contribution in [0.4, 0.5) is 0 Å². The van der Waals surface area contributed by atoms with Crippen LogP contribution in [0.15, 0.2) is 29.8 Å². The highest BCUT2D eigenvalue weighted by molar-refractivity contribution is 6.00. The van der Waals surface area contributed by atoms with Crippen LogP contribution in [0.5, 0.6) is 0 Å². The molecule has 20 heavy (non-hydrogen) atoms. The van der Waals surface area contributed by atoms with Crippen molar-refractivity contribution in [3.63, 3.8) is 0 Å². The first-order chi connectivity index (χ1) is 9.60. The molecule has 1 aromatic carbocycles. The lowest BCUT2D eigenvalue weighted by Crippen LogP contribution is -2.36. The summed E-state index contributed by atoms with van der Waals surface area (Å²) in [5, 5.41) is 8.86. The van der Waals surface area contributed by atoms with Crippen molar-refractivity contribution in [1.29, 1.82) is 0 Å². The molecule has 106 valence electrons. The number of ketones is 1. The normalized spacial score (nSPS) is 18.4. The summed E-state index contributed by atoms with van der Waals surface area (Å²) in [6.45, 7) is 4.66. The molecule has 0 saturated carbocycles. The summed E-state index contributed by atoms with van der Waals surface area (Å²) in [5.41, 5.74) is 1.94. The summed E-state index contributed by atoms with van der Waals surface area (Å²) in [6, 6.07) is 6.60. The van der Waals surface area contributed by atoms with Gasteiger partial charge in [-0.1, -0.05) is 19.1 Å². The molecule has 0 spiro atoms. The number of aromatic carboxylic acids is 1. The van der Waals surface area contributed by atoms with Gasteiger partial charge in [-0.3, -0.25) is 9.69 Å². The number of carbonyl (C=O) groups is 2. The van der Waals surface area contributed by atoms with E-state index in [9.17, 15) is 9.59 Å². The van der Waals surface area contributed by atoms with Crippen molar-refractivity contribution in [2.24, 2.45) is 0 Å². The standard InChI is InChI=1S/C16H19NO3/c1-2-8-17-9-7-15(18)14(11-17)10-12-3-5-13(6-4-12)16(19)20/h3-6,10H,2,7-9,11H2,1H3,(H,19,20)/b14-10+. The second-order valence-corrected chi connectivity index (χ2v) is 5.05. The minimum Gasteiger partial charge on any atom is -0.478 e. The van der Waals surface area contributed by atoms with Crippen LogP contribution in [0.25, 0.3) is 6.08 Å². The van der Waals surface area contributed by atoms with E-state index in [1.165, 1.54) is 0 Å². The quantitative estimate of drug-likeness (QED) is 0.856. The van der Waals surface area contributed by atoms with Gasteiger partial charge < -0.3 is 5.11 Å². The molecule has 0 radical (unpaired) electrons. The zero-order valence-corrected chi connectivity index (χ0v) is 11.6. The molecule has 0 atom stereocenters. The Labute approximate surface area is 118 Å². The van der Waals surface area contributed by atoms with Gasteiger partial charge in [-0.2, -0.15) is 0 Å².